The monoisotopic (exact) mass is 222 g/mol. The standard InChI is InChI=1S/C11H18N4O/c1-8-10(12)13-7-14-11(8)15-4-2-9(6-16)3-5-15/h7,9,16H,2-6H2,1H3,(H2,12,13,14). The average molecular weight is 222 g/mol. The highest BCUT2D eigenvalue weighted by atomic mass is 16.3. The Labute approximate surface area is 95.3 Å². The molecule has 2 rings (SSSR count). The summed E-state index contributed by atoms with van der Waals surface area (Å²) in [5.74, 6) is 1.92. The van der Waals surface area contributed by atoms with Crippen molar-refractivity contribution in [1.82, 2.24) is 9.97 Å². The van der Waals surface area contributed by atoms with Crippen molar-refractivity contribution in [2.24, 2.45) is 5.92 Å². The number of aliphatic hydroxyl groups excluding tert-OH is 1. The van der Waals surface area contributed by atoms with E-state index in [9.17, 15) is 0 Å². The zero-order valence-electron chi connectivity index (χ0n) is 9.56. The second kappa shape index (κ2) is 4.65. The minimum absolute atomic E-state index is 0.290. The van der Waals surface area contributed by atoms with E-state index in [-0.39, 0.29) is 0 Å². The van der Waals surface area contributed by atoms with Gasteiger partial charge in [-0.15, -0.1) is 0 Å². The highest BCUT2D eigenvalue weighted by Crippen LogP contribution is 2.25. The Hall–Kier alpha value is -1.36. The number of aliphatic hydroxyl groups is 1. The van der Waals surface area contributed by atoms with Gasteiger partial charge in [0, 0.05) is 25.3 Å². The lowest BCUT2D eigenvalue weighted by atomic mass is 9.98. The largest absolute Gasteiger partial charge is 0.396 e. The minimum Gasteiger partial charge on any atom is -0.396 e. The second-order valence-corrected chi connectivity index (χ2v) is 4.32. The lowest BCUT2D eigenvalue weighted by Gasteiger charge is -2.32. The van der Waals surface area contributed by atoms with E-state index in [0.29, 0.717) is 18.3 Å². The molecule has 5 heteroatoms. The highest BCUT2D eigenvalue weighted by Gasteiger charge is 2.21. The van der Waals surface area contributed by atoms with Crippen molar-refractivity contribution in [3.8, 4) is 0 Å². The molecule has 0 bridgehead atoms. The Kier molecular flexibility index (Phi) is 3.24. The lowest BCUT2D eigenvalue weighted by Crippen LogP contribution is -2.35. The molecule has 88 valence electrons. The maximum Gasteiger partial charge on any atom is 0.137 e. The Morgan fingerprint density at radius 2 is 2.12 bits per heavy atom. The maximum absolute atomic E-state index is 9.08. The van der Waals surface area contributed by atoms with E-state index in [4.69, 9.17) is 10.8 Å². The molecule has 16 heavy (non-hydrogen) atoms. The van der Waals surface area contributed by atoms with Gasteiger partial charge in [0.25, 0.3) is 0 Å². The van der Waals surface area contributed by atoms with Crippen LogP contribution in [0.4, 0.5) is 11.6 Å². The summed E-state index contributed by atoms with van der Waals surface area (Å²) in [6, 6.07) is 0. The molecule has 0 saturated carbocycles. The van der Waals surface area contributed by atoms with E-state index in [1.807, 2.05) is 6.92 Å². The van der Waals surface area contributed by atoms with Crippen molar-refractivity contribution in [2.75, 3.05) is 30.3 Å². The predicted octanol–water partition coefficient (Wildman–Crippen LogP) is 0.576. The van der Waals surface area contributed by atoms with Crippen molar-refractivity contribution in [1.29, 1.82) is 0 Å². The van der Waals surface area contributed by atoms with E-state index in [1.165, 1.54) is 6.33 Å². The SMILES string of the molecule is Cc1c(N)ncnc1N1CCC(CO)CC1. The first-order valence-electron chi connectivity index (χ1n) is 5.65. The number of rotatable bonds is 2. The quantitative estimate of drug-likeness (QED) is 0.765. The molecule has 0 unspecified atom stereocenters. The van der Waals surface area contributed by atoms with Gasteiger partial charge in [0.05, 0.1) is 0 Å². The summed E-state index contributed by atoms with van der Waals surface area (Å²) in [5, 5.41) is 9.08. The molecule has 3 N–H and O–H groups in total. The molecule has 1 aliphatic rings. The van der Waals surface area contributed by atoms with Crippen LogP contribution in [0.5, 0.6) is 0 Å². The van der Waals surface area contributed by atoms with Crippen LogP contribution in [0, 0.1) is 12.8 Å². The fourth-order valence-electron chi connectivity index (χ4n) is 2.10. The van der Waals surface area contributed by atoms with Gasteiger partial charge in [0.15, 0.2) is 0 Å². The maximum atomic E-state index is 9.08. The van der Waals surface area contributed by atoms with Gasteiger partial charge in [0.2, 0.25) is 0 Å². The number of piperidine rings is 1. The Morgan fingerprint density at radius 1 is 1.44 bits per heavy atom. The molecule has 1 saturated heterocycles. The van der Waals surface area contributed by atoms with E-state index < -0.39 is 0 Å². The average Bonchev–Trinajstić information content (AvgIpc) is 2.33. The number of hydrogen-bond donors (Lipinski definition) is 2. The lowest BCUT2D eigenvalue weighted by molar-refractivity contribution is 0.202. The van der Waals surface area contributed by atoms with Crippen molar-refractivity contribution in [3.05, 3.63) is 11.9 Å². The zero-order valence-corrected chi connectivity index (χ0v) is 9.56. The fourth-order valence-corrected chi connectivity index (χ4v) is 2.10. The van der Waals surface area contributed by atoms with Gasteiger partial charge in [-0.05, 0) is 25.7 Å². The van der Waals surface area contributed by atoms with Crippen LogP contribution in [0.1, 0.15) is 18.4 Å². The van der Waals surface area contributed by atoms with Gasteiger partial charge in [-0.2, -0.15) is 0 Å². The molecule has 2 heterocycles. The minimum atomic E-state index is 0.290. The van der Waals surface area contributed by atoms with Crippen molar-refractivity contribution in [2.45, 2.75) is 19.8 Å². The molecule has 0 spiro atoms. The molecule has 0 amide bonds. The molecule has 1 aromatic rings. The third-order valence-corrected chi connectivity index (χ3v) is 3.27. The zero-order chi connectivity index (χ0) is 11.5. The Morgan fingerprint density at radius 3 is 2.75 bits per heavy atom. The first-order chi connectivity index (χ1) is 7.72. The number of nitrogens with zero attached hydrogens (tertiary/aromatic N) is 3. The van der Waals surface area contributed by atoms with E-state index >= 15 is 0 Å². The van der Waals surface area contributed by atoms with Crippen LogP contribution in [0.3, 0.4) is 0 Å². The normalized spacial score (nSPS) is 17.8. The summed E-state index contributed by atoms with van der Waals surface area (Å²) in [5.41, 5.74) is 6.71. The van der Waals surface area contributed by atoms with Crippen molar-refractivity contribution >= 4 is 11.6 Å². The first kappa shape index (κ1) is 11.1. The second-order valence-electron chi connectivity index (χ2n) is 4.32. The first-order valence-corrected chi connectivity index (χ1v) is 5.65. The topological polar surface area (TPSA) is 75.3 Å². The van der Waals surface area contributed by atoms with E-state index in [1.54, 1.807) is 0 Å². The Balaban J connectivity index is 2.11. The molecule has 0 atom stereocenters. The molecule has 0 aliphatic carbocycles. The fraction of sp³-hybridized carbons (Fsp3) is 0.636. The predicted molar refractivity (Wildman–Crippen MR) is 63.2 cm³/mol. The van der Waals surface area contributed by atoms with Crippen LogP contribution < -0.4 is 10.6 Å². The van der Waals surface area contributed by atoms with Gasteiger partial charge in [0.1, 0.15) is 18.0 Å². The molecule has 1 fully saturated rings. The van der Waals surface area contributed by atoms with Crippen molar-refractivity contribution in [3.63, 3.8) is 0 Å². The molecular formula is C11H18N4O. The summed E-state index contributed by atoms with van der Waals surface area (Å²) < 4.78 is 0. The van der Waals surface area contributed by atoms with Crippen LogP contribution in [0.25, 0.3) is 0 Å². The molecule has 0 aromatic carbocycles. The number of anilines is 2. The van der Waals surface area contributed by atoms with Crippen LogP contribution in [-0.2, 0) is 0 Å². The Bertz CT molecular complexity index is 361. The van der Waals surface area contributed by atoms with E-state index in [2.05, 4.69) is 14.9 Å². The van der Waals surface area contributed by atoms with Crippen LogP contribution in [0.15, 0.2) is 6.33 Å². The summed E-state index contributed by atoms with van der Waals surface area (Å²) in [6.45, 7) is 4.10. The van der Waals surface area contributed by atoms with Gasteiger partial charge in [-0.1, -0.05) is 0 Å². The molecule has 1 aromatic heterocycles. The summed E-state index contributed by atoms with van der Waals surface area (Å²) in [6.07, 6.45) is 3.54. The van der Waals surface area contributed by atoms with Gasteiger partial charge in [-0.3, -0.25) is 0 Å². The van der Waals surface area contributed by atoms with Gasteiger partial charge in [-0.25, -0.2) is 9.97 Å². The molecule has 0 radical (unpaired) electrons. The molecule has 1 aliphatic heterocycles. The summed E-state index contributed by atoms with van der Waals surface area (Å²) >= 11 is 0. The van der Waals surface area contributed by atoms with Crippen LogP contribution in [-0.4, -0.2) is 34.8 Å². The molecule has 5 nitrogen and oxygen atoms in total. The van der Waals surface area contributed by atoms with Gasteiger partial charge < -0.3 is 15.7 Å². The van der Waals surface area contributed by atoms with Gasteiger partial charge >= 0.3 is 0 Å². The smallest absolute Gasteiger partial charge is 0.137 e. The van der Waals surface area contributed by atoms with E-state index in [0.717, 1.165) is 37.3 Å². The van der Waals surface area contributed by atoms with Crippen LogP contribution >= 0.6 is 0 Å². The third-order valence-electron chi connectivity index (χ3n) is 3.27. The summed E-state index contributed by atoms with van der Waals surface area (Å²) in [4.78, 5) is 10.5. The molecular weight excluding hydrogens is 204 g/mol. The number of aromatic nitrogens is 2. The van der Waals surface area contributed by atoms with Crippen LogP contribution in [0.2, 0.25) is 0 Å². The highest BCUT2D eigenvalue weighted by molar-refractivity contribution is 5.55. The number of hydrogen-bond acceptors (Lipinski definition) is 5. The summed E-state index contributed by atoms with van der Waals surface area (Å²) in [7, 11) is 0. The number of nitrogens with two attached hydrogens (primary N) is 1. The third kappa shape index (κ3) is 2.09. The number of nitrogen functional groups attached to an aromatic ring is 1. The van der Waals surface area contributed by atoms with Crippen molar-refractivity contribution < 1.29 is 5.11 Å².